The molecule has 0 aliphatic rings. The van der Waals surface area contributed by atoms with Crippen molar-refractivity contribution in [1.29, 1.82) is 0 Å². The van der Waals surface area contributed by atoms with Crippen LogP contribution < -0.4 is 126 Å². The number of benzene rings is 8. The molecule has 1 aromatic heterocycles. The van der Waals surface area contributed by atoms with Crippen LogP contribution in [0.4, 0.5) is 0 Å². The van der Waals surface area contributed by atoms with Gasteiger partial charge >= 0.3 is 0 Å². The van der Waals surface area contributed by atoms with Crippen LogP contribution in [-0.4, -0.2) is 180 Å². The standard InChI is InChI=1S/C40HB23O/c41-3-1-2-4(8-14-16-27(52)34(59)36(61)38(63)40(16)64-39(14)37(62)35(60)21(8)46)7-10(22(47)29(54)28(53)20(7)45)6(5(2)19(44)17(3)42)9-11-12(24(49)31(56)30(55)23(11)48)13-15(18(9)43)26(51)33(58)32(57)25(13)50/h1H. The van der Waals surface area contributed by atoms with Crippen molar-refractivity contribution in [3.63, 3.8) is 0 Å². The van der Waals surface area contributed by atoms with E-state index in [1.54, 1.807) is 0 Å². The predicted octanol–water partition coefficient (Wildman–Crippen LogP) is -16.2. The Kier molecular flexibility index (Phi) is 10.6. The molecule has 24 heteroatoms. The molecule has 9 aromatic rings. The van der Waals surface area contributed by atoms with Crippen LogP contribution in [0.2, 0.25) is 0 Å². The predicted molar refractivity (Wildman–Crippen MR) is 299 cm³/mol. The van der Waals surface area contributed by atoms with Crippen LogP contribution in [0, 0.1) is 0 Å². The van der Waals surface area contributed by atoms with Crippen LogP contribution in [0.1, 0.15) is 0 Å². The SMILES string of the molecule is [B]c1cc2c(-c3c([B])c([B])c([B])c4oc5c([B])c([B])c([B])c([B])c5c34)c3c([B])c([B])c([B])c([B])c3c(-c3c([B])c4c([B])c([B])c([B])c([B])c4c4c([B])c([B])c([B])c([B])c34)c2c([B])c1[B]. The second-order valence-corrected chi connectivity index (χ2v) is 15.7. The van der Waals surface area contributed by atoms with Crippen LogP contribution in [-0.2, 0) is 0 Å². The van der Waals surface area contributed by atoms with Crippen molar-refractivity contribution in [2.24, 2.45) is 0 Å². The van der Waals surface area contributed by atoms with Crippen molar-refractivity contribution >= 4 is 371 Å². The first-order valence-corrected chi connectivity index (χ1v) is 18.9. The van der Waals surface area contributed by atoms with E-state index in [0.29, 0.717) is 0 Å². The van der Waals surface area contributed by atoms with Gasteiger partial charge in [0.1, 0.15) is 192 Å². The van der Waals surface area contributed by atoms with E-state index >= 15 is 0 Å². The Balaban J connectivity index is 1.72. The van der Waals surface area contributed by atoms with Crippen LogP contribution in [0.3, 0.4) is 0 Å². The maximum atomic E-state index is 7.32. The molecule has 46 radical (unpaired) electrons. The summed E-state index contributed by atoms with van der Waals surface area (Å²) in [6, 6.07) is 1.51. The molecule has 0 aliphatic heterocycles. The first kappa shape index (κ1) is 45.3. The monoisotopic (exact) mass is 750 g/mol. The lowest BCUT2D eigenvalue weighted by Gasteiger charge is -2.32. The molecule has 0 fully saturated rings. The molecule has 0 atom stereocenters. The van der Waals surface area contributed by atoms with Gasteiger partial charge in [-0.2, -0.15) is 0 Å². The van der Waals surface area contributed by atoms with Gasteiger partial charge in [0.2, 0.25) is 0 Å². The molecule has 236 valence electrons. The summed E-state index contributed by atoms with van der Waals surface area (Å²) in [5.74, 6) is 0. The normalized spacial score (nSPS) is 11.9. The third-order valence-electron chi connectivity index (χ3n) is 12.6. The van der Waals surface area contributed by atoms with Gasteiger partial charge in [-0.25, -0.2) is 0 Å². The summed E-state index contributed by atoms with van der Waals surface area (Å²) in [5, 5.41) is 1.27. The third-order valence-corrected chi connectivity index (χ3v) is 12.6. The zero-order valence-corrected chi connectivity index (χ0v) is 33.8. The van der Waals surface area contributed by atoms with Crippen molar-refractivity contribution in [2.45, 2.75) is 0 Å². The van der Waals surface area contributed by atoms with E-state index in [4.69, 9.17) is 185 Å². The van der Waals surface area contributed by atoms with Crippen LogP contribution in [0.25, 0.3) is 87.3 Å². The van der Waals surface area contributed by atoms with Crippen molar-refractivity contribution in [3.8, 4) is 22.3 Å². The highest BCUT2D eigenvalue weighted by Crippen LogP contribution is 2.44. The summed E-state index contributed by atoms with van der Waals surface area (Å²) in [4.78, 5) is 0. The smallest absolute Gasteiger partial charge is 0.128 e. The molecular formula is C40HB23O. The number of fused-ring (bicyclic) bond motifs is 8. The first-order valence-electron chi connectivity index (χ1n) is 18.9. The summed E-state index contributed by atoms with van der Waals surface area (Å²) < 4.78 is 6.32. The molecule has 9 rings (SSSR count). The molecule has 0 amide bonds. The summed E-state index contributed by atoms with van der Waals surface area (Å²) in [7, 11) is 155. The number of hydrogen-bond donors (Lipinski definition) is 0. The van der Waals surface area contributed by atoms with Gasteiger partial charge in [0, 0.05) is 10.8 Å². The maximum absolute atomic E-state index is 7.32. The summed E-state index contributed by atoms with van der Waals surface area (Å²) in [5.41, 5.74) is -1.57. The van der Waals surface area contributed by atoms with Crippen molar-refractivity contribution in [2.75, 3.05) is 0 Å². The van der Waals surface area contributed by atoms with Gasteiger partial charge in [-0.3, -0.25) is 0 Å². The zero-order chi connectivity index (χ0) is 46.9. The molecule has 0 N–H and O–H groups in total. The fourth-order valence-corrected chi connectivity index (χ4v) is 9.21. The fourth-order valence-electron chi connectivity index (χ4n) is 9.21. The number of hydrogen-bond acceptors (Lipinski definition) is 1. The molecule has 8 aromatic carbocycles. The summed E-state index contributed by atoms with van der Waals surface area (Å²) in [6.45, 7) is 0. The highest BCUT2D eigenvalue weighted by molar-refractivity contribution is 6.76. The third kappa shape index (κ3) is 5.59. The lowest BCUT2D eigenvalue weighted by atomic mass is 9.57. The van der Waals surface area contributed by atoms with E-state index in [0.717, 1.165) is 0 Å². The lowest BCUT2D eigenvalue weighted by molar-refractivity contribution is 0.675. The highest BCUT2D eigenvalue weighted by Gasteiger charge is 2.31. The Labute approximate surface area is 401 Å². The minimum Gasteiger partial charge on any atom is -0.457 e. The largest absolute Gasteiger partial charge is 0.457 e. The van der Waals surface area contributed by atoms with E-state index in [1.165, 1.54) is 6.07 Å². The molecular weight excluding hydrogens is 745 g/mol. The van der Waals surface area contributed by atoms with Crippen LogP contribution >= 0.6 is 0 Å². The van der Waals surface area contributed by atoms with Crippen LogP contribution in [0.5, 0.6) is 0 Å². The van der Waals surface area contributed by atoms with E-state index < -0.39 is 0 Å². The quantitative estimate of drug-likeness (QED) is 0.0976. The molecule has 0 saturated carbocycles. The minimum absolute atomic E-state index is 0.0000415. The van der Waals surface area contributed by atoms with Crippen molar-refractivity contribution in [3.05, 3.63) is 6.07 Å². The topological polar surface area (TPSA) is 13.1 Å². The van der Waals surface area contributed by atoms with Crippen LogP contribution in [0.15, 0.2) is 10.5 Å². The minimum atomic E-state index is -0.150. The molecule has 0 spiro atoms. The molecule has 1 nitrogen and oxygen atoms in total. The van der Waals surface area contributed by atoms with Gasteiger partial charge in [-0.15, -0.1) is 60.1 Å². The number of rotatable bonds is 2. The zero-order valence-electron chi connectivity index (χ0n) is 33.8. The Morgan fingerprint density at radius 3 is 1.00 bits per heavy atom. The Morgan fingerprint density at radius 2 is 0.516 bits per heavy atom. The van der Waals surface area contributed by atoms with Gasteiger partial charge in [-0.05, 0) is 65.3 Å². The number of furan rings is 1. The van der Waals surface area contributed by atoms with Crippen molar-refractivity contribution in [1.82, 2.24) is 0 Å². The maximum Gasteiger partial charge on any atom is 0.128 e. The molecule has 0 bridgehead atoms. The molecule has 1 heterocycles. The van der Waals surface area contributed by atoms with Gasteiger partial charge < -0.3 is 4.42 Å². The van der Waals surface area contributed by atoms with E-state index in [2.05, 4.69) is 0 Å². The van der Waals surface area contributed by atoms with Gasteiger partial charge in [0.15, 0.2) is 0 Å². The summed E-state index contributed by atoms with van der Waals surface area (Å²) >= 11 is 0. The van der Waals surface area contributed by atoms with E-state index in [9.17, 15) is 0 Å². The first-order chi connectivity index (χ1) is 29.9. The second-order valence-electron chi connectivity index (χ2n) is 15.7. The van der Waals surface area contributed by atoms with Gasteiger partial charge in [0.05, 0.1) is 0 Å². The fraction of sp³-hybridized carbons (Fsp3) is 0. The second kappa shape index (κ2) is 15.1. The Bertz CT molecular complexity index is 3760. The highest BCUT2D eigenvalue weighted by atomic mass is 16.3. The Morgan fingerprint density at radius 1 is 0.203 bits per heavy atom. The molecule has 64 heavy (non-hydrogen) atoms. The average Bonchev–Trinajstić information content (AvgIpc) is 3.67. The van der Waals surface area contributed by atoms with E-state index in [-0.39, 0.29) is 213 Å². The average molecular weight is 746 g/mol. The van der Waals surface area contributed by atoms with E-state index in [1.807, 2.05) is 0 Å². The van der Waals surface area contributed by atoms with Crippen molar-refractivity contribution < 1.29 is 4.42 Å². The lowest BCUT2D eigenvalue weighted by Crippen LogP contribution is -2.52. The molecule has 0 unspecified atom stereocenters. The molecule has 0 aliphatic carbocycles. The Hall–Kier alpha value is -3.91. The summed E-state index contributed by atoms with van der Waals surface area (Å²) in [6.07, 6.45) is 0. The van der Waals surface area contributed by atoms with Gasteiger partial charge in [-0.1, -0.05) is 71.6 Å². The van der Waals surface area contributed by atoms with Gasteiger partial charge in [0.25, 0.3) is 0 Å². The molecule has 0 saturated heterocycles.